The average molecular weight is 687 g/mol. The molecular weight excluding hydrogens is 617 g/mol. The quantitative estimate of drug-likeness (QED) is 0.0742. The molecule has 2 saturated carbocycles. The van der Waals surface area contributed by atoms with Gasteiger partial charge in [-0.2, -0.15) is 0 Å². The van der Waals surface area contributed by atoms with Crippen LogP contribution >= 0.6 is 0 Å². The molecule has 268 valence electrons. The number of esters is 1. The lowest BCUT2D eigenvalue weighted by molar-refractivity contribution is -0.143. The van der Waals surface area contributed by atoms with Crippen molar-refractivity contribution in [1.82, 2.24) is 0 Å². The number of rotatable bonds is 15. The molecule has 2 fully saturated rings. The molecule has 0 aromatic heterocycles. The molecule has 4 atom stereocenters. The molecule has 0 aliphatic heterocycles. The third-order valence-electron chi connectivity index (χ3n) is 12.1. The molecule has 3 rings (SSSR count). The lowest BCUT2D eigenvalue weighted by atomic mass is 9.85. The van der Waals surface area contributed by atoms with E-state index in [0.717, 1.165) is 37.7 Å². The van der Waals surface area contributed by atoms with Crippen molar-refractivity contribution < 1.29 is 23.2 Å². The van der Waals surface area contributed by atoms with Gasteiger partial charge in [0.15, 0.2) is 22.4 Å². The zero-order valence-corrected chi connectivity index (χ0v) is 34.2. The number of ether oxygens (including phenoxy) is 1. The number of allylic oxidation sites excluding steroid dienone is 2. The van der Waals surface area contributed by atoms with Gasteiger partial charge in [-0.1, -0.05) is 105 Å². The Bertz CT molecular complexity index is 1140. The Morgan fingerprint density at radius 3 is 2.15 bits per heavy atom. The van der Waals surface area contributed by atoms with Gasteiger partial charge in [0.2, 0.25) is 0 Å². The molecule has 0 bridgehead atoms. The average Bonchev–Trinajstić information content (AvgIpc) is 3.50. The number of carbonyl (C=O) groups excluding carboxylic acids is 2. The van der Waals surface area contributed by atoms with Crippen molar-refractivity contribution in [3.63, 3.8) is 0 Å². The molecule has 7 heteroatoms. The highest BCUT2D eigenvalue weighted by molar-refractivity contribution is 6.74. The van der Waals surface area contributed by atoms with Gasteiger partial charge in [0, 0.05) is 12.8 Å². The van der Waals surface area contributed by atoms with Crippen LogP contribution in [-0.2, 0) is 23.2 Å². The molecular formula is C40H70O5Si2. The van der Waals surface area contributed by atoms with Crippen LogP contribution in [0.25, 0.3) is 0 Å². The first kappa shape index (κ1) is 40.2. The second kappa shape index (κ2) is 16.7. The van der Waals surface area contributed by atoms with Crippen LogP contribution in [0, 0.1) is 29.6 Å². The summed E-state index contributed by atoms with van der Waals surface area (Å²) in [6.45, 7) is 25.9. The summed E-state index contributed by atoms with van der Waals surface area (Å²) in [6, 6.07) is 0. The van der Waals surface area contributed by atoms with Gasteiger partial charge in [-0.25, -0.2) is 0 Å². The van der Waals surface area contributed by atoms with Crippen LogP contribution in [0.5, 0.6) is 0 Å². The van der Waals surface area contributed by atoms with E-state index in [1.54, 1.807) is 0 Å². The summed E-state index contributed by atoms with van der Waals surface area (Å²) >= 11 is 0. The normalized spacial score (nSPS) is 24.7. The monoisotopic (exact) mass is 686 g/mol. The predicted octanol–water partition coefficient (Wildman–Crippen LogP) is 10.9. The van der Waals surface area contributed by atoms with E-state index in [0.29, 0.717) is 43.6 Å². The van der Waals surface area contributed by atoms with Gasteiger partial charge < -0.3 is 13.6 Å². The van der Waals surface area contributed by atoms with Crippen molar-refractivity contribution in [2.45, 2.75) is 193 Å². The summed E-state index contributed by atoms with van der Waals surface area (Å²) in [4.78, 5) is 25.4. The fourth-order valence-corrected chi connectivity index (χ4v) is 9.75. The van der Waals surface area contributed by atoms with Crippen LogP contribution in [0.15, 0.2) is 11.6 Å². The first-order valence-electron chi connectivity index (χ1n) is 19.1. The highest BCUT2D eigenvalue weighted by atomic mass is 28.4. The van der Waals surface area contributed by atoms with Crippen LogP contribution in [0.2, 0.25) is 36.3 Å². The maximum absolute atomic E-state index is 13.2. The van der Waals surface area contributed by atoms with Gasteiger partial charge >= 0.3 is 5.97 Å². The molecule has 0 N–H and O–H groups in total. The SMILES string of the molecule is CCCCCCOC(=O)CCCC(=O)C1=CC2C[C@@](C#CC(O[Si](C)(C)C(C)(C)C)C3CCCCC3)(O[Si](C)(C)C(C)(C)C)CC2C1. The van der Waals surface area contributed by atoms with E-state index in [2.05, 4.69) is 92.6 Å². The van der Waals surface area contributed by atoms with Crippen LogP contribution < -0.4 is 0 Å². The summed E-state index contributed by atoms with van der Waals surface area (Å²) < 4.78 is 19.8. The van der Waals surface area contributed by atoms with Crippen molar-refractivity contribution in [2.75, 3.05) is 6.61 Å². The minimum Gasteiger partial charge on any atom is -0.466 e. The molecule has 5 nitrogen and oxygen atoms in total. The number of hydrogen-bond acceptors (Lipinski definition) is 5. The molecule has 0 spiro atoms. The maximum Gasteiger partial charge on any atom is 0.305 e. The van der Waals surface area contributed by atoms with Crippen molar-refractivity contribution >= 4 is 28.4 Å². The molecule has 3 aliphatic carbocycles. The largest absolute Gasteiger partial charge is 0.466 e. The lowest BCUT2D eigenvalue weighted by Crippen LogP contribution is -2.49. The minimum atomic E-state index is -2.13. The third kappa shape index (κ3) is 11.4. The molecule has 0 aromatic rings. The van der Waals surface area contributed by atoms with Gasteiger partial charge in [0.25, 0.3) is 0 Å². The van der Waals surface area contributed by atoms with E-state index in [-0.39, 0.29) is 27.9 Å². The predicted molar refractivity (Wildman–Crippen MR) is 200 cm³/mol. The van der Waals surface area contributed by atoms with Gasteiger partial charge in [0.05, 0.1) is 6.61 Å². The maximum atomic E-state index is 13.2. The van der Waals surface area contributed by atoms with Crippen LogP contribution in [0.3, 0.4) is 0 Å². The molecule has 0 saturated heterocycles. The fourth-order valence-electron chi connectivity index (χ4n) is 7.01. The molecule has 0 radical (unpaired) electrons. The van der Waals surface area contributed by atoms with Gasteiger partial charge in [0.1, 0.15) is 11.7 Å². The van der Waals surface area contributed by atoms with Crippen LogP contribution in [0.4, 0.5) is 0 Å². The first-order chi connectivity index (χ1) is 21.8. The summed E-state index contributed by atoms with van der Waals surface area (Å²) in [5, 5.41) is 0.205. The number of Topliss-reactive ketones (excluding diaryl/α,β-unsaturated/α-hetero) is 1. The van der Waals surface area contributed by atoms with E-state index >= 15 is 0 Å². The molecule has 0 aromatic carbocycles. The lowest BCUT2D eigenvalue weighted by Gasteiger charge is -2.43. The number of fused-ring (bicyclic) bond motifs is 1. The number of ketones is 1. The number of unbranched alkanes of at least 4 members (excludes halogenated alkanes) is 3. The highest BCUT2D eigenvalue weighted by Gasteiger charge is 2.52. The second-order valence-electron chi connectivity index (χ2n) is 18.1. The first-order valence-corrected chi connectivity index (χ1v) is 24.9. The zero-order valence-electron chi connectivity index (χ0n) is 32.2. The summed E-state index contributed by atoms with van der Waals surface area (Å²) in [5.41, 5.74) is 0.441. The van der Waals surface area contributed by atoms with E-state index in [9.17, 15) is 9.59 Å². The molecule has 47 heavy (non-hydrogen) atoms. The summed E-state index contributed by atoms with van der Waals surface area (Å²) in [7, 11) is -4.14. The topological polar surface area (TPSA) is 61.8 Å². The second-order valence-corrected chi connectivity index (χ2v) is 27.6. The fraction of sp³-hybridized carbons (Fsp3) is 0.850. The van der Waals surface area contributed by atoms with E-state index in [1.807, 2.05) is 0 Å². The molecule has 3 aliphatic rings. The highest BCUT2D eigenvalue weighted by Crippen LogP contribution is 2.52. The molecule has 0 amide bonds. The van der Waals surface area contributed by atoms with Gasteiger partial charge in [-0.05, 0) is 105 Å². The van der Waals surface area contributed by atoms with Crippen molar-refractivity contribution in [3.8, 4) is 11.8 Å². The third-order valence-corrected chi connectivity index (χ3v) is 21.0. The van der Waals surface area contributed by atoms with Crippen molar-refractivity contribution in [2.24, 2.45) is 17.8 Å². The Morgan fingerprint density at radius 2 is 1.55 bits per heavy atom. The van der Waals surface area contributed by atoms with E-state index in [1.165, 1.54) is 44.9 Å². The zero-order chi connectivity index (χ0) is 35.1. The Morgan fingerprint density at radius 1 is 0.894 bits per heavy atom. The Labute approximate surface area is 291 Å². The van der Waals surface area contributed by atoms with Crippen LogP contribution in [-0.4, -0.2) is 46.7 Å². The summed E-state index contributed by atoms with van der Waals surface area (Å²) in [5.74, 6) is 8.80. The standard InChI is InChI=1S/C40H70O5Si2/c1-12-13-14-18-26-43-37(42)23-19-22-35(41)32-27-33-29-40(30-34(33)28-32,45-47(10,11)39(5,6)7)25-24-36(31-20-16-15-17-21-31)44-46(8,9)38(2,3)4/h27,31,33-34,36H,12-23,26,28-30H2,1-11H3/t33?,34?,36?,40-/m1/s1. The van der Waals surface area contributed by atoms with Crippen molar-refractivity contribution in [3.05, 3.63) is 11.6 Å². The van der Waals surface area contributed by atoms with Gasteiger partial charge in [-0.3, -0.25) is 9.59 Å². The summed E-state index contributed by atoms with van der Waals surface area (Å²) in [6.07, 6.45) is 16.6. The van der Waals surface area contributed by atoms with Gasteiger partial charge in [-0.15, -0.1) is 0 Å². The Balaban J connectivity index is 1.75. The minimum absolute atomic E-state index is 0.0489. The molecule has 3 unspecified atom stereocenters. The van der Waals surface area contributed by atoms with Crippen LogP contribution in [0.1, 0.15) is 145 Å². The van der Waals surface area contributed by atoms with Crippen molar-refractivity contribution in [1.29, 1.82) is 0 Å². The Kier molecular flexibility index (Phi) is 14.3. The Hall–Kier alpha value is -1.21. The van der Waals surface area contributed by atoms with E-state index in [4.69, 9.17) is 13.6 Å². The van der Waals surface area contributed by atoms with E-state index < -0.39 is 22.2 Å². The smallest absolute Gasteiger partial charge is 0.305 e. The molecule has 0 heterocycles. The number of carbonyl (C=O) groups is 2. The number of hydrogen-bond donors (Lipinski definition) is 0.